The lowest BCUT2D eigenvalue weighted by Crippen LogP contribution is -2.30. The van der Waals surface area contributed by atoms with Crippen molar-refractivity contribution in [2.75, 3.05) is 13.1 Å². The predicted molar refractivity (Wildman–Crippen MR) is 64.6 cm³/mol. The molecule has 0 bridgehead atoms. The maximum Gasteiger partial charge on any atom is 0.317 e. The number of rotatable bonds is 7. The van der Waals surface area contributed by atoms with E-state index in [0.29, 0.717) is 24.1 Å². The Labute approximate surface area is 106 Å². The van der Waals surface area contributed by atoms with Gasteiger partial charge in [0.1, 0.15) is 0 Å². The third kappa shape index (κ3) is 4.97. The number of carboxylic acid groups (broad SMARTS) is 1. The highest BCUT2D eigenvalue weighted by molar-refractivity contribution is 5.69. The van der Waals surface area contributed by atoms with Crippen LogP contribution in [0.4, 0.5) is 0 Å². The highest BCUT2D eigenvalue weighted by atomic mass is 16.5. The minimum Gasteiger partial charge on any atom is -0.480 e. The molecule has 1 aromatic rings. The van der Waals surface area contributed by atoms with Crippen molar-refractivity contribution in [3.8, 4) is 12.3 Å². The summed E-state index contributed by atoms with van der Waals surface area (Å²) in [6, 6.07) is 0. The molecule has 6 heteroatoms. The molecule has 6 nitrogen and oxygen atoms in total. The van der Waals surface area contributed by atoms with Gasteiger partial charge in [-0.1, -0.05) is 24.9 Å². The second kappa shape index (κ2) is 6.77. The Balaban J connectivity index is 2.60. The van der Waals surface area contributed by atoms with Crippen LogP contribution in [0, 0.1) is 18.3 Å². The fraction of sp³-hybridized carbons (Fsp3) is 0.583. The van der Waals surface area contributed by atoms with Crippen LogP contribution in [0.1, 0.15) is 25.6 Å². The highest BCUT2D eigenvalue weighted by Gasteiger charge is 2.14. The van der Waals surface area contributed by atoms with E-state index < -0.39 is 5.97 Å². The number of carboxylic acids is 1. The quantitative estimate of drug-likeness (QED) is 0.722. The molecule has 0 aliphatic rings. The van der Waals surface area contributed by atoms with Gasteiger partial charge in [0.25, 0.3) is 0 Å². The summed E-state index contributed by atoms with van der Waals surface area (Å²) in [6.45, 7) is 4.48. The van der Waals surface area contributed by atoms with E-state index in [2.05, 4.69) is 29.9 Å². The lowest BCUT2D eigenvalue weighted by Gasteiger charge is -2.14. The van der Waals surface area contributed by atoms with Crippen molar-refractivity contribution < 1.29 is 14.4 Å². The van der Waals surface area contributed by atoms with Crippen LogP contribution in [-0.2, 0) is 17.8 Å². The molecule has 0 atom stereocenters. The zero-order valence-corrected chi connectivity index (χ0v) is 10.6. The Morgan fingerprint density at radius 1 is 1.61 bits per heavy atom. The molecule has 0 spiro atoms. The first-order valence-corrected chi connectivity index (χ1v) is 5.70. The van der Waals surface area contributed by atoms with Crippen LogP contribution in [0.15, 0.2) is 4.52 Å². The summed E-state index contributed by atoms with van der Waals surface area (Å²) in [5.74, 6) is 2.93. The van der Waals surface area contributed by atoms with Crippen molar-refractivity contribution in [3.05, 3.63) is 11.7 Å². The molecule has 98 valence electrons. The number of hydrogen-bond acceptors (Lipinski definition) is 5. The van der Waals surface area contributed by atoms with Crippen LogP contribution in [-0.4, -0.2) is 39.2 Å². The number of carbonyl (C=O) groups is 1. The summed E-state index contributed by atoms with van der Waals surface area (Å²) in [5.41, 5.74) is 0. The number of aromatic nitrogens is 2. The first kappa shape index (κ1) is 14.2. The molecule has 0 amide bonds. The second-order valence-corrected chi connectivity index (χ2v) is 4.45. The van der Waals surface area contributed by atoms with Crippen molar-refractivity contribution in [2.45, 2.75) is 26.8 Å². The zero-order valence-electron chi connectivity index (χ0n) is 10.6. The maximum absolute atomic E-state index is 10.7. The third-order valence-electron chi connectivity index (χ3n) is 2.13. The van der Waals surface area contributed by atoms with Crippen LogP contribution < -0.4 is 0 Å². The summed E-state index contributed by atoms with van der Waals surface area (Å²) < 4.78 is 5.07. The summed E-state index contributed by atoms with van der Waals surface area (Å²) in [6.07, 6.45) is 5.89. The van der Waals surface area contributed by atoms with E-state index in [1.807, 2.05) is 0 Å². The van der Waals surface area contributed by atoms with Gasteiger partial charge in [0.2, 0.25) is 5.89 Å². The average molecular weight is 251 g/mol. The minimum atomic E-state index is -0.934. The zero-order chi connectivity index (χ0) is 13.5. The maximum atomic E-state index is 10.7. The van der Waals surface area contributed by atoms with E-state index in [0.717, 1.165) is 0 Å². The van der Waals surface area contributed by atoms with Crippen LogP contribution in [0.2, 0.25) is 0 Å². The fourth-order valence-corrected chi connectivity index (χ4v) is 1.47. The van der Waals surface area contributed by atoms with Crippen LogP contribution in [0.5, 0.6) is 0 Å². The Morgan fingerprint density at radius 3 is 2.89 bits per heavy atom. The molecule has 0 aromatic carbocycles. The van der Waals surface area contributed by atoms with Gasteiger partial charge in [-0.15, -0.1) is 6.42 Å². The molecule has 0 saturated heterocycles. The Bertz CT molecular complexity index is 434. The number of terminal acetylenes is 1. The van der Waals surface area contributed by atoms with Gasteiger partial charge in [-0.2, -0.15) is 4.98 Å². The Hall–Kier alpha value is -1.87. The van der Waals surface area contributed by atoms with Crippen molar-refractivity contribution in [1.82, 2.24) is 15.0 Å². The average Bonchev–Trinajstić information content (AvgIpc) is 2.63. The number of aliphatic carboxylic acids is 1. The summed E-state index contributed by atoms with van der Waals surface area (Å²) in [4.78, 5) is 16.4. The highest BCUT2D eigenvalue weighted by Crippen LogP contribution is 2.07. The van der Waals surface area contributed by atoms with Gasteiger partial charge in [-0.3, -0.25) is 9.69 Å². The molecule has 0 saturated carbocycles. The predicted octanol–water partition coefficient (Wildman–Crippen LogP) is 0.788. The fourth-order valence-electron chi connectivity index (χ4n) is 1.47. The molecule has 1 heterocycles. The van der Waals surface area contributed by atoms with Crippen LogP contribution in [0.25, 0.3) is 0 Å². The van der Waals surface area contributed by atoms with Crippen LogP contribution in [0.3, 0.4) is 0 Å². The first-order chi connectivity index (χ1) is 8.51. The SMILES string of the molecule is C#CCN(CC(=O)O)Cc1noc(CC(C)C)n1. The van der Waals surface area contributed by atoms with Crippen molar-refractivity contribution in [2.24, 2.45) is 5.92 Å². The number of hydrogen-bond donors (Lipinski definition) is 1. The molecule has 1 N–H and O–H groups in total. The van der Waals surface area contributed by atoms with Gasteiger partial charge in [-0.05, 0) is 5.92 Å². The van der Waals surface area contributed by atoms with Crippen molar-refractivity contribution in [3.63, 3.8) is 0 Å². The van der Waals surface area contributed by atoms with Crippen LogP contribution >= 0.6 is 0 Å². The lowest BCUT2D eigenvalue weighted by atomic mass is 10.1. The van der Waals surface area contributed by atoms with E-state index in [4.69, 9.17) is 16.1 Å². The molecular weight excluding hydrogens is 234 g/mol. The van der Waals surface area contributed by atoms with E-state index in [-0.39, 0.29) is 19.6 Å². The van der Waals surface area contributed by atoms with Gasteiger partial charge < -0.3 is 9.63 Å². The molecule has 0 fully saturated rings. The molecule has 0 unspecified atom stereocenters. The molecule has 1 aromatic heterocycles. The topological polar surface area (TPSA) is 79.5 Å². The van der Waals surface area contributed by atoms with Gasteiger partial charge >= 0.3 is 5.97 Å². The molecule has 0 radical (unpaired) electrons. The molecule has 0 aliphatic heterocycles. The standard InChI is InChI=1S/C12H17N3O3/c1-4-5-15(8-12(16)17)7-10-13-11(18-14-10)6-9(2)3/h1,9H,5-8H2,2-3H3,(H,16,17). The number of nitrogens with zero attached hydrogens (tertiary/aromatic N) is 3. The Morgan fingerprint density at radius 2 is 2.33 bits per heavy atom. The summed E-state index contributed by atoms with van der Waals surface area (Å²) in [5, 5.41) is 12.5. The summed E-state index contributed by atoms with van der Waals surface area (Å²) >= 11 is 0. The smallest absolute Gasteiger partial charge is 0.317 e. The molecule has 0 aliphatic carbocycles. The van der Waals surface area contributed by atoms with E-state index in [1.165, 1.54) is 0 Å². The third-order valence-corrected chi connectivity index (χ3v) is 2.13. The molecular formula is C12H17N3O3. The van der Waals surface area contributed by atoms with Gasteiger partial charge in [0.15, 0.2) is 5.82 Å². The monoisotopic (exact) mass is 251 g/mol. The van der Waals surface area contributed by atoms with Gasteiger partial charge in [0, 0.05) is 6.42 Å². The van der Waals surface area contributed by atoms with E-state index in [1.54, 1.807) is 4.90 Å². The molecule has 1 rings (SSSR count). The van der Waals surface area contributed by atoms with Crippen molar-refractivity contribution in [1.29, 1.82) is 0 Å². The van der Waals surface area contributed by atoms with Gasteiger partial charge in [0.05, 0.1) is 19.6 Å². The lowest BCUT2D eigenvalue weighted by molar-refractivity contribution is -0.138. The normalized spacial score (nSPS) is 10.8. The largest absolute Gasteiger partial charge is 0.480 e. The van der Waals surface area contributed by atoms with E-state index in [9.17, 15) is 4.79 Å². The summed E-state index contributed by atoms with van der Waals surface area (Å²) in [7, 11) is 0. The second-order valence-electron chi connectivity index (χ2n) is 4.45. The van der Waals surface area contributed by atoms with E-state index >= 15 is 0 Å². The van der Waals surface area contributed by atoms with Crippen molar-refractivity contribution >= 4 is 5.97 Å². The minimum absolute atomic E-state index is 0.141. The molecule has 18 heavy (non-hydrogen) atoms. The Kier molecular flexibility index (Phi) is 5.33. The first-order valence-electron chi connectivity index (χ1n) is 5.70. The van der Waals surface area contributed by atoms with Gasteiger partial charge in [-0.25, -0.2) is 0 Å².